The second-order valence-electron chi connectivity index (χ2n) is 4.34. The first kappa shape index (κ1) is 15.8. The van der Waals surface area contributed by atoms with Gasteiger partial charge in [0.15, 0.2) is 0 Å². The van der Waals surface area contributed by atoms with Crippen molar-refractivity contribution in [2.75, 3.05) is 0 Å². The van der Waals surface area contributed by atoms with Crippen molar-refractivity contribution in [3.05, 3.63) is 63.6 Å². The quantitative estimate of drug-likeness (QED) is 0.681. The Hall–Kier alpha value is -1.56. The van der Waals surface area contributed by atoms with Crippen molar-refractivity contribution in [1.29, 1.82) is 0 Å². The van der Waals surface area contributed by atoms with Crippen LogP contribution in [0.15, 0.2) is 52.5 Å². The van der Waals surface area contributed by atoms with Crippen LogP contribution >= 0.6 is 23.2 Å². The van der Waals surface area contributed by atoms with E-state index in [4.69, 9.17) is 23.2 Å². The highest BCUT2D eigenvalue weighted by atomic mass is 35.5. The molecule has 0 saturated heterocycles. The molecule has 0 aliphatic carbocycles. The van der Waals surface area contributed by atoms with E-state index in [1.54, 1.807) is 30.3 Å². The molecule has 0 radical (unpaired) electrons. The zero-order valence-electron chi connectivity index (χ0n) is 11.0. The minimum absolute atomic E-state index is 0.152. The first-order valence-electron chi connectivity index (χ1n) is 5.95. The van der Waals surface area contributed by atoms with Crippen LogP contribution in [0.4, 0.5) is 0 Å². The smallest absolute Gasteiger partial charge is 0.200 e. The standard InChI is InChI=1S/C14H12Cl2N2O2S/c1-10-2-5-12(6-3-10)21(19,20)18-17-9-11-4-7-13(15)14(16)8-11/h2-9,18H,1H3/b17-9+. The second kappa shape index (κ2) is 6.47. The molecular formula is C14H12Cl2N2O2S. The molecule has 0 fully saturated rings. The lowest BCUT2D eigenvalue weighted by Gasteiger charge is -2.03. The minimum atomic E-state index is -3.67. The van der Waals surface area contributed by atoms with E-state index < -0.39 is 10.0 Å². The lowest BCUT2D eigenvalue weighted by Crippen LogP contribution is -2.18. The average molecular weight is 343 g/mol. The van der Waals surface area contributed by atoms with E-state index in [2.05, 4.69) is 9.93 Å². The Balaban J connectivity index is 2.12. The van der Waals surface area contributed by atoms with Crippen LogP contribution in [0, 0.1) is 6.92 Å². The first-order chi connectivity index (χ1) is 9.88. The van der Waals surface area contributed by atoms with E-state index in [9.17, 15) is 8.42 Å². The fourth-order valence-electron chi connectivity index (χ4n) is 1.53. The van der Waals surface area contributed by atoms with Gasteiger partial charge in [0.2, 0.25) is 0 Å². The van der Waals surface area contributed by atoms with Crippen molar-refractivity contribution >= 4 is 39.4 Å². The molecule has 2 aromatic rings. The number of sulfonamides is 1. The predicted molar refractivity (Wildman–Crippen MR) is 85.6 cm³/mol. The molecule has 1 N–H and O–H groups in total. The normalized spacial score (nSPS) is 11.8. The van der Waals surface area contributed by atoms with E-state index >= 15 is 0 Å². The van der Waals surface area contributed by atoms with Crippen molar-refractivity contribution in [2.45, 2.75) is 11.8 Å². The summed E-state index contributed by atoms with van der Waals surface area (Å²) in [4.78, 5) is 2.30. The van der Waals surface area contributed by atoms with Crippen LogP contribution in [0.25, 0.3) is 0 Å². The number of rotatable bonds is 4. The van der Waals surface area contributed by atoms with E-state index in [0.29, 0.717) is 15.6 Å². The summed E-state index contributed by atoms with van der Waals surface area (Å²) in [5.74, 6) is 0. The van der Waals surface area contributed by atoms with Gasteiger partial charge in [-0.25, -0.2) is 4.83 Å². The second-order valence-corrected chi connectivity index (χ2v) is 6.81. The van der Waals surface area contributed by atoms with Crippen LogP contribution in [0.1, 0.15) is 11.1 Å². The van der Waals surface area contributed by atoms with Crippen molar-refractivity contribution < 1.29 is 8.42 Å². The number of hydrogen-bond acceptors (Lipinski definition) is 3. The Kier molecular flexibility index (Phi) is 4.88. The summed E-state index contributed by atoms with van der Waals surface area (Å²) in [6.07, 6.45) is 1.36. The molecule has 0 unspecified atom stereocenters. The lowest BCUT2D eigenvalue weighted by atomic mass is 10.2. The predicted octanol–water partition coefficient (Wildman–Crippen LogP) is 3.61. The molecule has 7 heteroatoms. The highest BCUT2D eigenvalue weighted by Gasteiger charge is 2.11. The van der Waals surface area contributed by atoms with Crippen molar-refractivity contribution in [1.82, 2.24) is 4.83 Å². The molecular weight excluding hydrogens is 331 g/mol. The Bertz CT molecular complexity index is 772. The van der Waals surface area contributed by atoms with E-state index in [1.165, 1.54) is 18.3 Å². The zero-order chi connectivity index (χ0) is 15.5. The fraction of sp³-hybridized carbons (Fsp3) is 0.0714. The van der Waals surface area contributed by atoms with Gasteiger partial charge in [-0.2, -0.15) is 13.5 Å². The van der Waals surface area contributed by atoms with Crippen LogP contribution in [-0.4, -0.2) is 14.6 Å². The first-order valence-corrected chi connectivity index (χ1v) is 8.19. The van der Waals surface area contributed by atoms with Gasteiger partial charge in [0.05, 0.1) is 21.2 Å². The molecule has 0 atom stereocenters. The summed E-state index contributed by atoms with van der Waals surface area (Å²) < 4.78 is 24.0. The molecule has 0 bridgehead atoms. The number of nitrogens with one attached hydrogen (secondary N) is 1. The van der Waals surface area contributed by atoms with Crippen LogP contribution < -0.4 is 4.83 Å². The summed E-state index contributed by atoms with van der Waals surface area (Å²) in [5.41, 5.74) is 1.62. The molecule has 0 saturated carbocycles. The molecule has 21 heavy (non-hydrogen) atoms. The van der Waals surface area contributed by atoms with Gasteiger partial charge in [-0.3, -0.25) is 0 Å². The highest BCUT2D eigenvalue weighted by molar-refractivity contribution is 7.89. The number of aryl methyl sites for hydroxylation is 1. The summed E-state index contributed by atoms with van der Waals surface area (Å²) in [6, 6.07) is 11.4. The van der Waals surface area contributed by atoms with Gasteiger partial charge in [-0.15, -0.1) is 0 Å². The Labute approximate surface area is 133 Å². The van der Waals surface area contributed by atoms with Gasteiger partial charge in [-0.1, -0.05) is 47.0 Å². The van der Waals surface area contributed by atoms with Gasteiger partial charge in [0.1, 0.15) is 0 Å². The maximum absolute atomic E-state index is 12.0. The number of benzene rings is 2. The third kappa shape index (κ3) is 4.20. The van der Waals surface area contributed by atoms with E-state index in [0.717, 1.165) is 5.56 Å². The number of hydrazone groups is 1. The van der Waals surface area contributed by atoms with Crippen LogP contribution in [-0.2, 0) is 10.0 Å². The van der Waals surface area contributed by atoms with Gasteiger partial charge >= 0.3 is 0 Å². The maximum atomic E-state index is 12.0. The molecule has 0 amide bonds. The van der Waals surface area contributed by atoms with Crippen LogP contribution in [0.3, 0.4) is 0 Å². The van der Waals surface area contributed by atoms with E-state index in [1.807, 2.05) is 6.92 Å². The Morgan fingerprint density at radius 2 is 1.71 bits per heavy atom. The fourth-order valence-corrected chi connectivity index (χ4v) is 2.63. The molecule has 2 aromatic carbocycles. The largest absolute Gasteiger partial charge is 0.276 e. The Morgan fingerprint density at radius 1 is 1.05 bits per heavy atom. The molecule has 2 rings (SSSR count). The lowest BCUT2D eigenvalue weighted by molar-refractivity contribution is 0.584. The summed E-state index contributed by atoms with van der Waals surface area (Å²) in [5, 5.41) is 4.52. The van der Waals surface area contributed by atoms with Crippen LogP contribution in [0.2, 0.25) is 10.0 Å². The molecule has 0 aromatic heterocycles. The zero-order valence-corrected chi connectivity index (χ0v) is 13.4. The number of hydrogen-bond donors (Lipinski definition) is 1. The van der Waals surface area contributed by atoms with Crippen molar-refractivity contribution in [3.8, 4) is 0 Å². The van der Waals surface area contributed by atoms with Gasteiger partial charge in [0, 0.05) is 0 Å². The molecule has 0 aliphatic heterocycles. The molecule has 110 valence electrons. The number of halogens is 2. The van der Waals surface area contributed by atoms with Crippen molar-refractivity contribution in [3.63, 3.8) is 0 Å². The maximum Gasteiger partial charge on any atom is 0.276 e. The van der Waals surface area contributed by atoms with Gasteiger partial charge in [0.25, 0.3) is 10.0 Å². The third-order valence-electron chi connectivity index (χ3n) is 2.66. The average Bonchev–Trinajstić information content (AvgIpc) is 2.43. The monoisotopic (exact) mass is 342 g/mol. The van der Waals surface area contributed by atoms with Gasteiger partial charge < -0.3 is 0 Å². The third-order valence-corrected chi connectivity index (χ3v) is 4.64. The molecule has 0 heterocycles. The summed E-state index contributed by atoms with van der Waals surface area (Å²) in [7, 11) is -3.67. The molecule has 0 aliphatic rings. The summed E-state index contributed by atoms with van der Waals surface area (Å²) in [6.45, 7) is 1.88. The van der Waals surface area contributed by atoms with Crippen molar-refractivity contribution in [2.24, 2.45) is 5.10 Å². The Morgan fingerprint density at radius 3 is 2.33 bits per heavy atom. The van der Waals surface area contributed by atoms with Crippen LogP contribution in [0.5, 0.6) is 0 Å². The molecule has 4 nitrogen and oxygen atoms in total. The van der Waals surface area contributed by atoms with Gasteiger partial charge in [-0.05, 0) is 36.8 Å². The van der Waals surface area contributed by atoms with E-state index in [-0.39, 0.29) is 4.90 Å². The number of nitrogens with zero attached hydrogens (tertiary/aromatic N) is 1. The minimum Gasteiger partial charge on any atom is -0.200 e. The topological polar surface area (TPSA) is 58.5 Å². The SMILES string of the molecule is Cc1ccc(S(=O)(=O)N/N=C/c2ccc(Cl)c(Cl)c2)cc1. The summed E-state index contributed by atoms with van der Waals surface area (Å²) >= 11 is 11.7. The highest BCUT2D eigenvalue weighted by Crippen LogP contribution is 2.21. The molecule has 0 spiro atoms.